The van der Waals surface area contributed by atoms with Crippen molar-refractivity contribution in [3.63, 3.8) is 0 Å². The van der Waals surface area contributed by atoms with Gasteiger partial charge in [-0.25, -0.2) is 19.3 Å². The Bertz CT molecular complexity index is 1040. The summed E-state index contributed by atoms with van der Waals surface area (Å²) in [6.45, 7) is 0.0861. The summed E-state index contributed by atoms with van der Waals surface area (Å²) in [6, 6.07) is 0.517. The van der Waals surface area contributed by atoms with E-state index in [0.717, 1.165) is 6.20 Å². The van der Waals surface area contributed by atoms with Gasteiger partial charge in [0.05, 0.1) is 11.2 Å². The largest absolute Gasteiger partial charge is 0.405 e. The van der Waals surface area contributed by atoms with E-state index in [1.807, 2.05) is 0 Å². The van der Waals surface area contributed by atoms with Crippen molar-refractivity contribution in [1.82, 2.24) is 25.3 Å². The standard InChI is InChI=1S/C17H15ClF4N6O/c1-2-12(16(29)26-7-17(20,21)22)27-15-11(19)6-25-14(28-15)10-5-24-13-9(10)3-8(18)4-23-13/h3-6,12H,2,7H2,1H3,(H,23,24)(H,26,29)(H,25,27,28). The Morgan fingerprint density at radius 3 is 2.76 bits per heavy atom. The monoisotopic (exact) mass is 430 g/mol. The Morgan fingerprint density at radius 2 is 2.07 bits per heavy atom. The molecule has 0 aliphatic carbocycles. The van der Waals surface area contributed by atoms with E-state index in [9.17, 15) is 22.4 Å². The predicted molar refractivity (Wildman–Crippen MR) is 98.9 cm³/mol. The Kier molecular flexibility index (Phi) is 5.87. The van der Waals surface area contributed by atoms with Gasteiger partial charge in [-0.15, -0.1) is 0 Å². The summed E-state index contributed by atoms with van der Waals surface area (Å²) in [5, 5.41) is 5.29. The second-order valence-corrected chi connectivity index (χ2v) is 6.52. The average molecular weight is 431 g/mol. The van der Waals surface area contributed by atoms with E-state index < -0.39 is 30.5 Å². The lowest BCUT2D eigenvalue weighted by Gasteiger charge is -2.18. The third-order valence-corrected chi connectivity index (χ3v) is 4.19. The molecule has 3 aromatic rings. The van der Waals surface area contributed by atoms with E-state index >= 15 is 0 Å². The fraction of sp³-hybridized carbons (Fsp3) is 0.294. The summed E-state index contributed by atoms with van der Waals surface area (Å²) in [4.78, 5) is 27.0. The van der Waals surface area contributed by atoms with Gasteiger partial charge in [-0.3, -0.25) is 4.79 Å². The zero-order valence-corrected chi connectivity index (χ0v) is 15.7. The highest BCUT2D eigenvalue weighted by Crippen LogP contribution is 2.28. The molecule has 29 heavy (non-hydrogen) atoms. The van der Waals surface area contributed by atoms with E-state index in [0.29, 0.717) is 21.6 Å². The Morgan fingerprint density at radius 1 is 1.31 bits per heavy atom. The van der Waals surface area contributed by atoms with Gasteiger partial charge in [-0.1, -0.05) is 18.5 Å². The number of halogens is 5. The van der Waals surface area contributed by atoms with Gasteiger partial charge in [0.2, 0.25) is 5.91 Å². The fourth-order valence-electron chi connectivity index (χ4n) is 2.59. The molecule has 1 atom stereocenters. The number of rotatable bonds is 6. The number of carbonyl (C=O) groups is 1. The first kappa shape index (κ1) is 20.8. The van der Waals surface area contributed by atoms with Crippen molar-refractivity contribution in [3.8, 4) is 11.4 Å². The van der Waals surface area contributed by atoms with Gasteiger partial charge >= 0.3 is 6.18 Å². The van der Waals surface area contributed by atoms with Gasteiger partial charge < -0.3 is 15.6 Å². The highest BCUT2D eigenvalue weighted by atomic mass is 35.5. The van der Waals surface area contributed by atoms with Crippen LogP contribution >= 0.6 is 11.6 Å². The highest BCUT2D eigenvalue weighted by Gasteiger charge is 2.29. The Hall–Kier alpha value is -2.95. The normalized spacial score (nSPS) is 12.8. The minimum atomic E-state index is -4.55. The van der Waals surface area contributed by atoms with Crippen molar-refractivity contribution in [3.05, 3.63) is 35.5 Å². The third kappa shape index (κ3) is 4.91. The molecule has 1 amide bonds. The van der Waals surface area contributed by atoms with Crippen LogP contribution in [0.5, 0.6) is 0 Å². The van der Waals surface area contributed by atoms with Crippen molar-refractivity contribution >= 4 is 34.4 Å². The summed E-state index contributed by atoms with van der Waals surface area (Å²) < 4.78 is 51.1. The maximum atomic E-state index is 14.2. The Balaban J connectivity index is 1.86. The molecule has 3 N–H and O–H groups in total. The smallest absolute Gasteiger partial charge is 0.356 e. The van der Waals surface area contributed by atoms with Crippen LogP contribution in [0.15, 0.2) is 24.7 Å². The molecule has 0 aromatic carbocycles. The number of aromatic amines is 1. The van der Waals surface area contributed by atoms with Crippen LogP contribution < -0.4 is 10.6 Å². The number of nitrogens with zero attached hydrogens (tertiary/aromatic N) is 3. The molecule has 7 nitrogen and oxygen atoms in total. The topological polar surface area (TPSA) is 95.6 Å². The van der Waals surface area contributed by atoms with E-state index in [2.05, 4.69) is 25.3 Å². The molecule has 3 aromatic heterocycles. The van der Waals surface area contributed by atoms with Crippen molar-refractivity contribution in [1.29, 1.82) is 0 Å². The van der Waals surface area contributed by atoms with Crippen LogP contribution in [0.25, 0.3) is 22.4 Å². The first-order valence-electron chi connectivity index (χ1n) is 8.44. The number of fused-ring (bicyclic) bond motifs is 1. The number of carbonyl (C=O) groups excluding carboxylic acids is 1. The lowest BCUT2D eigenvalue weighted by atomic mass is 10.2. The molecule has 0 saturated carbocycles. The number of aromatic nitrogens is 4. The zero-order valence-electron chi connectivity index (χ0n) is 14.9. The summed E-state index contributed by atoms with van der Waals surface area (Å²) >= 11 is 5.96. The molecule has 0 saturated heterocycles. The maximum absolute atomic E-state index is 14.2. The van der Waals surface area contributed by atoms with Crippen molar-refractivity contribution in [2.75, 3.05) is 11.9 Å². The van der Waals surface area contributed by atoms with Crippen molar-refractivity contribution in [2.24, 2.45) is 0 Å². The lowest BCUT2D eigenvalue weighted by Crippen LogP contribution is -2.43. The van der Waals surface area contributed by atoms with Gasteiger partial charge in [0.15, 0.2) is 17.5 Å². The molecule has 154 valence electrons. The Labute approximate surface area is 166 Å². The molecule has 0 aliphatic heterocycles. The SMILES string of the molecule is CCC(Nc1nc(-c2c[nH]c3ncc(Cl)cc23)ncc1F)C(=O)NCC(F)(F)F. The molecule has 3 rings (SSSR count). The van der Waals surface area contributed by atoms with Gasteiger partial charge in [0.1, 0.15) is 18.2 Å². The van der Waals surface area contributed by atoms with E-state index in [1.54, 1.807) is 24.5 Å². The molecule has 0 spiro atoms. The number of pyridine rings is 1. The van der Waals surface area contributed by atoms with Crippen LogP contribution in [0.4, 0.5) is 23.4 Å². The summed E-state index contributed by atoms with van der Waals surface area (Å²) in [5.74, 6) is -1.97. The molecule has 0 aliphatic rings. The van der Waals surface area contributed by atoms with Gasteiger partial charge in [0, 0.05) is 23.3 Å². The minimum absolute atomic E-state index is 0.106. The summed E-state index contributed by atoms with van der Waals surface area (Å²) in [5.41, 5.74) is 1.01. The summed E-state index contributed by atoms with van der Waals surface area (Å²) in [7, 11) is 0. The van der Waals surface area contributed by atoms with Crippen LogP contribution in [0, 0.1) is 5.82 Å². The maximum Gasteiger partial charge on any atom is 0.405 e. The molecular formula is C17H15ClF4N6O. The second kappa shape index (κ2) is 8.19. The molecule has 3 heterocycles. The van der Waals surface area contributed by atoms with Crippen molar-refractivity contribution in [2.45, 2.75) is 25.6 Å². The lowest BCUT2D eigenvalue weighted by molar-refractivity contribution is -0.138. The van der Waals surface area contributed by atoms with Crippen LogP contribution in [0.2, 0.25) is 5.02 Å². The van der Waals surface area contributed by atoms with Crippen LogP contribution in [0.1, 0.15) is 13.3 Å². The molecule has 0 bridgehead atoms. The van der Waals surface area contributed by atoms with Crippen LogP contribution in [-0.2, 0) is 4.79 Å². The molecule has 1 unspecified atom stereocenters. The molecule has 12 heteroatoms. The number of hydrogen-bond acceptors (Lipinski definition) is 5. The van der Waals surface area contributed by atoms with Crippen molar-refractivity contribution < 1.29 is 22.4 Å². The molecule has 0 radical (unpaired) electrons. The predicted octanol–water partition coefficient (Wildman–Crippen LogP) is 3.68. The number of anilines is 1. The highest BCUT2D eigenvalue weighted by molar-refractivity contribution is 6.31. The van der Waals surface area contributed by atoms with Crippen LogP contribution in [-0.4, -0.2) is 44.6 Å². The quantitative estimate of drug-likeness (QED) is 0.518. The van der Waals surface area contributed by atoms with Gasteiger partial charge in [-0.05, 0) is 12.5 Å². The molecular weight excluding hydrogens is 416 g/mol. The van der Waals surface area contributed by atoms with E-state index in [-0.39, 0.29) is 18.1 Å². The average Bonchev–Trinajstić information content (AvgIpc) is 3.08. The van der Waals surface area contributed by atoms with Gasteiger partial charge in [0.25, 0.3) is 0 Å². The third-order valence-electron chi connectivity index (χ3n) is 3.98. The molecule has 0 fully saturated rings. The zero-order chi connectivity index (χ0) is 21.2. The van der Waals surface area contributed by atoms with Gasteiger partial charge in [-0.2, -0.15) is 13.2 Å². The number of hydrogen-bond donors (Lipinski definition) is 3. The van der Waals surface area contributed by atoms with Crippen LogP contribution in [0.3, 0.4) is 0 Å². The summed E-state index contributed by atoms with van der Waals surface area (Å²) in [6.07, 6.45) is -0.519. The number of nitrogens with one attached hydrogen (secondary N) is 3. The minimum Gasteiger partial charge on any atom is -0.356 e. The first-order chi connectivity index (χ1) is 13.7. The fourth-order valence-corrected chi connectivity index (χ4v) is 2.75. The van der Waals surface area contributed by atoms with E-state index in [4.69, 9.17) is 11.6 Å². The number of H-pyrrole nitrogens is 1. The second-order valence-electron chi connectivity index (χ2n) is 6.08. The van der Waals surface area contributed by atoms with E-state index in [1.165, 1.54) is 6.20 Å². The first-order valence-corrected chi connectivity index (χ1v) is 8.82. The number of amides is 1. The number of alkyl halides is 3.